The number of carbonyl (C=O) groups excluding carboxylic acids is 1. The van der Waals surface area contributed by atoms with Gasteiger partial charge in [-0.25, -0.2) is 0 Å². The van der Waals surface area contributed by atoms with E-state index >= 15 is 0 Å². The molecule has 120 valence electrons. The van der Waals surface area contributed by atoms with Crippen LogP contribution in [0.25, 0.3) is 0 Å². The van der Waals surface area contributed by atoms with E-state index < -0.39 is 11.9 Å². The smallest absolute Gasteiger partial charge is 0.312 e. The quantitative estimate of drug-likeness (QED) is 0.772. The van der Waals surface area contributed by atoms with E-state index in [1.54, 1.807) is 31.4 Å². The molecule has 0 aromatic heterocycles. The molecule has 1 fully saturated rings. The number of rotatable bonds is 8. The molecule has 1 amide bonds. The number of carbonyl (C=O) groups is 2. The number of carboxylic acid groups (broad SMARTS) is 1. The Morgan fingerprint density at radius 1 is 1.32 bits per heavy atom. The van der Waals surface area contributed by atoms with Crippen LogP contribution in [0.15, 0.2) is 30.3 Å². The van der Waals surface area contributed by atoms with E-state index in [4.69, 9.17) is 4.74 Å². The van der Waals surface area contributed by atoms with Crippen LogP contribution in [0.1, 0.15) is 37.2 Å². The van der Waals surface area contributed by atoms with Gasteiger partial charge in [0.15, 0.2) is 0 Å². The third-order valence-electron chi connectivity index (χ3n) is 4.54. The van der Waals surface area contributed by atoms with E-state index in [1.165, 1.54) is 0 Å². The van der Waals surface area contributed by atoms with E-state index in [1.807, 2.05) is 6.07 Å². The lowest BCUT2D eigenvalue weighted by Crippen LogP contribution is -2.47. The van der Waals surface area contributed by atoms with Gasteiger partial charge in [0.05, 0.1) is 11.3 Å². The van der Waals surface area contributed by atoms with Crippen LogP contribution in [0, 0.1) is 5.41 Å². The molecular formula is C17H23NO4. The molecule has 1 atom stereocenters. The van der Waals surface area contributed by atoms with Crippen molar-refractivity contribution in [3.8, 4) is 0 Å². The fourth-order valence-electron chi connectivity index (χ4n) is 2.91. The summed E-state index contributed by atoms with van der Waals surface area (Å²) in [5, 5.41) is 12.2. The van der Waals surface area contributed by atoms with Gasteiger partial charge in [-0.05, 0) is 24.8 Å². The Morgan fingerprint density at radius 3 is 2.50 bits per heavy atom. The average molecular weight is 305 g/mol. The second-order valence-corrected chi connectivity index (χ2v) is 5.89. The average Bonchev–Trinajstić information content (AvgIpc) is 2.47. The molecule has 0 radical (unpaired) electrons. The first-order valence-corrected chi connectivity index (χ1v) is 7.64. The highest BCUT2D eigenvalue weighted by Crippen LogP contribution is 2.44. The zero-order valence-corrected chi connectivity index (χ0v) is 12.9. The van der Waals surface area contributed by atoms with Gasteiger partial charge >= 0.3 is 5.97 Å². The highest BCUT2D eigenvalue weighted by molar-refractivity contribution is 5.84. The van der Waals surface area contributed by atoms with Crippen LogP contribution >= 0.6 is 0 Å². The molecule has 1 aliphatic carbocycles. The minimum absolute atomic E-state index is 0.0435. The molecule has 0 heterocycles. The third kappa shape index (κ3) is 3.65. The largest absolute Gasteiger partial charge is 0.481 e. The van der Waals surface area contributed by atoms with Gasteiger partial charge in [0.25, 0.3) is 0 Å². The molecule has 22 heavy (non-hydrogen) atoms. The van der Waals surface area contributed by atoms with Gasteiger partial charge < -0.3 is 15.2 Å². The third-order valence-corrected chi connectivity index (χ3v) is 4.54. The molecule has 1 saturated carbocycles. The summed E-state index contributed by atoms with van der Waals surface area (Å²) < 4.78 is 5.08. The summed E-state index contributed by atoms with van der Waals surface area (Å²) in [5.74, 6) is -1.69. The monoisotopic (exact) mass is 305 g/mol. The Morgan fingerprint density at radius 2 is 2.00 bits per heavy atom. The van der Waals surface area contributed by atoms with Gasteiger partial charge in [-0.1, -0.05) is 36.8 Å². The van der Waals surface area contributed by atoms with E-state index in [0.29, 0.717) is 18.6 Å². The lowest BCUT2D eigenvalue weighted by molar-refractivity contribution is -0.140. The summed E-state index contributed by atoms with van der Waals surface area (Å²) >= 11 is 0. The molecule has 5 heteroatoms. The number of amides is 1. The molecule has 0 spiro atoms. The second kappa shape index (κ2) is 7.40. The van der Waals surface area contributed by atoms with Crippen molar-refractivity contribution in [3.63, 3.8) is 0 Å². The molecular weight excluding hydrogens is 282 g/mol. The van der Waals surface area contributed by atoms with Crippen LogP contribution in [0.4, 0.5) is 0 Å². The first-order chi connectivity index (χ1) is 10.6. The van der Waals surface area contributed by atoms with Crippen LogP contribution in [-0.4, -0.2) is 37.2 Å². The molecule has 0 saturated heterocycles. The molecule has 1 aromatic rings. The van der Waals surface area contributed by atoms with Crippen molar-refractivity contribution >= 4 is 11.9 Å². The topological polar surface area (TPSA) is 75.6 Å². The van der Waals surface area contributed by atoms with Crippen molar-refractivity contribution in [1.29, 1.82) is 0 Å². The van der Waals surface area contributed by atoms with E-state index in [-0.39, 0.29) is 17.9 Å². The number of methoxy groups -OCH3 is 1. The van der Waals surface area contributed by atoms with Crippen molar-refractivity contribution in [3.05, 3.63) is 35.9 Å². The number of hydrogen-bond acceptors (Lipinski definition) is 3. The zero-order valence-electron chi connectivity index (χ0n) is 12.9. The standard InChI is InChI=1S/C17H23NO4/c1-22-11-10-17(8-5-9-17)16(21)18-12-14(15(19)20)13-6-3-2-4-7-13/h2-4,6-7,14H,5,8-12H2,1H3,(H,18,21)(H,19,20). The first-order valence-electron chi connectivity index (χ1n) is 7.64. The maximum Gasteiger partial charge on any atom is 0.312 e. The Labute approximate surface area is 130 Å². The number of benzene rings is 1. The summed E-state index contributed by atoms with van der Waals surface area (Å²) in [7, 11) is 1.63. The lowest BCUT2D eigenvalue weighted by atomic mass is 9.66. The Bertz CT molecular complexity index is 511. The Hall–Kier alpha value is -1.88. The van der Waals surface area contributed by atoms with Gasteiger partial charge in [0, 0.05) is 20.3 Å². The van der Waals surface area contributed by atoms with Gasteiger partial charge in [-0.3, -0.25) is 9.59 Å². The van der Waals surface area contributed by atoms with Crippen molar-refractivity contribution in [2.45, 2.75) is 31.6 Å². The minimum Gasteiger partial charge on any atom is -0.481 e. The molecule has 5 nitrogen and oxygen atoms in total. The van der Waals surface area contributed by atoms with Gasteiger partial charge in [-0.2, -0.15) is 0 Å². The van der Waals surface area contributed by atoms with Crippen molar-refractivity contribution in [2.75, 3.05) is 20.3 Å². The second-order valence-electron chi connectivity index (χ2n) is 5.89. The maximum absolute atomic E-state index is 12.5. The fourth-order valence-corrected chi connectivity index (χ4v) is 2.91. The molecule has 1 aliphatic rings. The minimum atomic E-state index is -0.925. The highest BCUT2D eigenvalue weighted by atomic mass is 16.5. The van der Waals surface area contributed by atoms with Crippen LogP contribution in [0.5, 0.6) is 0 Å². The first kappa shape index (κ1) is 16.5. The van der Waals surface area contributed by atoms with Crippen molar-refractivity contribution < 1.29 is 19.4 Å². The zero-order chi connectivity index (χ0) is 16.0. The van der Waals surface area contributed by atoms with Gasteiger partial charge in [-0.15, -0.1) is 0 Å². The molecule has 0 bridgehead atoms. The highest BCUT2D eigenvalue weighted by Gasteiger charge is 2.43. The van der Waals surface area contributed by atoms with Crippen LogP contribution < -0.4 is 5.32 Å². The Balaban J connectivity index is 1.97. The molecule has 2 rings (SSSR count). The molecule has 1 unspecified atom stereocenters. The predicted molar refractivity (Wildman–Crippen MR) is 82.6 cm³/mol. The molecule has 0 aliphatic heterocycles. The van der Waals surface area contributed by atoms with Gasteiger partial charge in [0.2, 0.25) is 5.91 Å². The summed E-state index contributed by atoms with van der Waals surface area (Å²) in [4.78, 5) is 23.9. The van der Waals surface area contributed by atoms with Crippen LogP contribution in [0.2, 0.25) is 0 Å². The van der Waals surface area contributed by atoms with Crippen LogP contribution in [0.3, 0.4) is 0 Å². The normalized spacial score (nSPS) is 17.3. The number of hydrogen-bond donors (Lipinski definition) is 2. The number of ether oxygens (including phenoxy) is 1. The Kier molecular flexibility index (Phi) is 5.55. The van der Waals surface area contributed by atoms with E-state index in [9.17, 15) is 14.7 Å². The fraction of sp³-hybridized carbons (Fsp3) is 0.529. The number of carboxylic acids is 1. The number of nitrogens with one attached hydrogen (secondary N) is 1. The lowest BCUT2D eigenvalue weighted by Gasteiger charge is -2.40. The maximum atomic E-state index is 12.5. The number of aliphatic carboxylic acids is 1. The molecule has 2 N–H and O–H groups in total. The van der Waals surface area contributed by atoms with E-state index in [2.05, 4.69) is 5.32 Å². The van der Waals surface area contributed by atoms with Crippen molar-refractivity contribution in [2.24, 2.45) is 5.41 Å². The molecule has 1 aromatic carbocycles. The SMILES string of the molecule is COCCC1(C(=O)NCC(C(=O)O)c2ccccc2)CCC1. The van der Waals surface area contributed by atoms with Crippen LogP contribution in [-0.2, 0) is 14.3 Å². The summed E-state index contributed by atoms with van der Waals surface area (Å²) in [6, 6.07) is 9.00. The predicted octanol–water partition coefficient (Wildman–Crippen LogP) is 2.18. The van der Waals surface area contributed by atoms with E-state index in [0.717, 1.165) is 19.3 Å². The summed E-state index contributed by atoms with van der Waals surface area (Å²) in [5.41, 5.74) is 0.338. The summed E-state index contributed by atoms with van der Waals surface area (Å²) in [6.45, 7) is 0.668. The van der Waals surface area contributed by atoms with Crippen molar-refractivity contribution in [1.82, 2.24) is 5.32 Å². The van der Waals surface area contributed by atoms with Gasteiger partial charge in [0.1, 0.15) is 0 Å². The summed E-state index contributed by atoms with van der Waals surface area (Å²) in [6.07, 6.45) is 3.44.